The van der Waals surface area contributed by atoms with Crippen LogP contribution < -0.4 is 5.32 Å². The van der Waals surface area contributed by atoms with Gasteiger partial charge in [0, 0.05) is 18.7 Å². The van der Waals surface area contributed by atoms with Crippen LogP contribution in [0.4, 0.5) is 0 Å². The Labute approximate surface area is 160 Å². The summed E-state index contributed by atoms with van der Waals surface area (Å²) in [4.78, 5) is 30.2. The van der Waals surface area contributed by atoms with Crippen molar-refractivity contribution in [2.45, 2.75) is 6.42 Å². The van der Waals surface area contributed by atoms with Crippen molar-refractivity contribution in [3.8, 4) is 11.1 Å². The van der Waals surface area contributed by atoms with Crippen LogP contribution in [0.25, 0.3) is 21.3 Å². The van der Waals surface area contributed by atoms with Crippen LogP contribution in [0.15, 0.2) is 48.0 Å². The van der Waals surface area contributed by atoms with Crippen molar-refractivity contribution in [2.75, 3.05) is 26.4 Å². The molecule has 1 N–H and O–H groups in total. The van der Waals surface area contributed by atoms with E-state index in [0.717, 1.165) is 21.3 Å². The van der Waals surface area contributed by atoms with E-state index >= 15 is 0 Å². The van der Waals surface area contributed by atoms with Crippen molar-refractivity contribution < 1.29 is 14.3 Å². The van der Waals surface area contributed by atoms with Gasteiger partial charge in [0.15, 0.2) is 0 Å². The molecule has 6 nitrogen and oxygen atoms in total. The molecule has 4 rings (SSSR count). The molecule has 3 aromatic rings. The topological polar surface area (TPSA) is 71.5 Å². The molecule has 0 radical (unpaired) electrons. The molecule has 1 fully saturated rings. The molecular weight excluding hydrogens is 362 g/mol. The molecule has 0 unspecified atom stereocenters. The lowest BCUT2D eigenvalue weighted by Gasteiger charge is -2.21. The largest absolute Gasteiger partial charge is 0.360 e. The zero-order valence-electron chi connectivity index (χ0n) is 14.7. The summed E-state index contributed by atoms with van der Waals surface area (Å²) in [6.45, 7) is 1.36. The fraction of sp³-hybridized carbons (Fsp3) is 0.250. The molecule has 1 aliphatic heterocycles. The Balaban J connectivity index is 1.50. The first kappa shape index (κ1) is 17.6. The predicted octanol–water partition coefficient (Wildman–Crippen LogP) is 2.90. The SMILES string of the molecule is O=C1CCOCN(C(=O)c2ccc(-c3ccc4ncsc4c3)cc2)CCN1. The number of ether oxygens (including phenoxy) is 1. The molecule has 138 valence electrons. The zero-order valence-corrected chi connectivity index (χ0v) is 15.5. The Bertz CT molecular complexity index is 968. The third-order valence-electron chi connectivity index (χ3n) is 4.51. The lowest BCUT2D eigenvalue weighted by molar-refractivity contribution is -0.121. The Hall–Kier alpha value is -2.77. The van der Waals surface area contributed by atoms with Crippen LogP contribution in [0.5, 0.6) is 0 Å². The van der Waals surface area contributed by atoms with Gasteiger partial charge in [-0.3, -0.25) is 9.59 Å². The van der Waals surface area contributed by atoms with Gasteiger partial charge in [-0.05, 0) is 35.4 Å². The third-order valence-corrected chi connectivity index (χ3v) is 5.30. The van der Waals surface area contributed by atoms with Gasteiger partial charge < -0.3 is 15.0 Å². The number of nitrogens with zero attached hydrogens (tertiary/aromatic N) is 2. The number of aromatic nitrogens is 1. The number of carbonyl (C=O) groups excluding carboxylic acids is 2. The Morgan fingerprint density at radius 3 is 2.81 bits per heavy atom. The van der Waals surface area contributed by atoms with Gasteiger partial charge in [-0.25, -0.2) is 4.98 Å². The summed E-state index contributed by atoms with van der Waals surface area (Å²) in [5.74, 6) is -0.151. The van der Waals surface area contributed by atoms with Gasteiger partial charge in [0.25, 0.3) is 5.91 Å². The van der Waals surface area contributed by atoms with Crippen LogP contribution in [-0.2, 0) is 9.53 Å². The second-order valence-corrected chi connectivity index (χ2v) is 7.20. The van der Waals surface area contributed by atoms with Crippen LogP contribution in [0, 0.1) is 0 Å². The number of thiazole rings is 1. The fourth-order valence-corrected chi connectivity index (χ4v) is 3.72. The normalized spacial score (nSPS) is 15.7. The smallest absolute Gasteiger partial charge is 0.255 e. The maximum Gasteiger partial charge on any atom is 0.255 e. The Morgan fingerprint density at radius 1 is 1.15 bits per heavy atom. The number of benzene rings is 2. The molecule has 0 saturated carbocycles. The number of hydrogen-bond acceptors (Lipinski definition) is 5. The van der Waals surface area contributed by atoms with Gasteiger partial charge in [0.2, 0.25) is 5.91 Å². The maximum atomic E-state index is 12.8. The standard InChI is InChI=1S/C20H19N3O3S/c24-19-7-10-26-13-23(9-8-21-19)20(25)15-3-1-14(2-4-15)16-5-6-17-18(11-16)27-12-22-17/h1-6,11-12H,7-10,13H2,(H,21,24). The summed E-state index contributed by atoms with van der Waals surface area (Å²) in [5, 5.41) is 2.79. The number of fused-ring (bicyclic) bond motifs is 1. The lowest BCUT2D eigenvalue weighted by atomic mass is 10.0. The minimum Gasteiger partial charge on any atom is -0.360 e. The van der Waals surface area contributed by atoms with Gasteiger partial charge in [0.1, 0.15) is 6.73 Å². The second kappa shape index (κ2) is 7.85. The molecular formula is C20H19N3O3S. The summed E-state index contributed by atoms with van der Waals surface area (Å²) < 4.78 is 6.59. The first-order valence-electron chi connectivity index (χ1n) is 8.78. The second-order valence-electron chi connectivity index (χ2n) is 6.32. The zero-order chi connectivity index (χ0) is 18.6. The van der Waals surface area contributed by atoms with Crippen LogP contribution in [0.3, 0.4) is 0 Å². The van der Waals surface area contributed by atoms with Gasteiger partial charge in [-0.15, -0.1) is 11.3 Å². The molecule has 2 heterocycles. The molecule has 0 atom stereocenters. The molecule has 0 bridgehead atoms. The Morgan fingerprint density at radius 2 is 1.96 bits per heavy atom. The quantitative estimate of drug-likeness (QED) is 0.741. The van der Waals surface area contributed by atoms with Gasteiger partial charge in [0.05, 0.1) is 28.8 Å². The van der Waals surface area contributed by atoms with E-state index in [2.05, 4.69) is 16.4 Å². The van der Waals surface area contributed by atoms with Crippen molar-refractivity contribution in [1.29, 1.82) is 0 Å². The van der Waals surface area contributed by atoms with Crippen LogP contribution >= 0.6 is 11.3 Å². The van der Waals surface area contributed by atoms with Crippen molar-refractivity contribution in [3.63, 3.8) is 0 Å². The highest BCUT2D eigenvalue weighted by Crippen LogP contribution is 2.26. The highest BCUT2D eigenvalue weighted by molar-refractivity contribution is 7.16. The average molecular weight is 381 g/mol. The number of rotatable bonds is 2. The van der Waals surface area contributed by atoms with Gasteiger partial charge in [-0.2, -0.15) is 0 Å². The maximum absolute atomic E-state index is 12.8. The molecule has 1 aromatic heterocycles. The van der Waals surface area contributed by atoms with Crippen molar-refractivity contribution in [2.24, 2.45) is 0 Å². The van der Waals surface area contributed by atoms with Crippen LogP contribution in [0.2, 0.25) is 0 Å². The first-order chi connectivity index (χ1) is 13.2. The third kappa shape index (κ3) is 3.99. The summed E-state index contributed by atoms with van der Waals surface area (Å²) in [7, 11) is 0. The molecule has 1 saturated heterocycles. The van der Waals surface area contributed by atoms with E-state index in [0.29, 0.717) is 31.7 Å². The summed E-state index contributed by atoms with van der Waals surface area (Å²) in [6, 6.07) is 13.7. The summed E-state index contributed by atoms with van der Waals surface area (Å²) >= 11 is 1.61. The van der Waals surface area contributed by atoms with E-state index in [9.17, 15) is 9.59 Å². The molecule has 27 heavy (non-hydrogen) atoms. The van der Waals surface area contributed by atoms with Gasteiger partial charge >= 0.3 is 0 Å². The molecule has 0 aliphatic carbocycles. The van der Waals surface area contributed by atoms with Crippen molar-refractivity contribution in [1.82, 2.24) is 15.2 Å². The van der Waals surface area contributed by atoms with E-state index in [1.807, 2.05) is 41.9 Å². The monoisotopic (exact) mass is 381 g/mol. The van der Waals surface area contributed by atoms with Crippen LogP contribution in [-0.4, -0.2) is 48.1 Å². The van der Waals surface area contributed by atoms with Crippen molar-refractivity contribution in [3.05, 3.63) is 53.5 Å². The first-order valence-corrected chi connectivity index (χ1v) is 9.66. The molecule has 2 amide bonds. The van der Waals surface area contributed by atoms with Crippen molar-refractivity contribution >= 4 is 33.4 Å². The van der Waals surface area contributed by atoms with Crippen LogP contribution in [0.1, 0.15) is 16.8 Å². The van der Waals surface area contributed by atoms with E-state index in [-0.39, 0.29) is 18.5 Å². The predicted molar refractivity (Wildman–Crippen MR) is 105 cm³/mol. The Kier molecular flexibility index (Phi) is 5.13. The fourth-order valence-electron chi connectivity index (χ4n) is 3.01. The number of hydrogen-bond donors (Lipinski definition) is 1. The van der Waals surface area contributed by atoms with E-state index < -0.39 is 0 Å². The average Bonchev–Trinajstić information content (AvgIpc) is 3.19. The minimum absolute atomic E-state index is 0.0495. The van der Waals surface area contributed by atoms with E-state index in [1.165, 1.54) is 0 Å². The lowest BCUT2D eigenvalue weighted by Crippen LogP contribution is -2.38. The molecule has 1 aliphatic rings. The highest BCUT2D eigenvalue weighted by Gasteiger charge is 2.18. The summed E-state index contributed by atoms with van der Waals surface area (Å²) in [6.07, 6.45) is 0.320. The summed E-state index contributed by atoms with van der Waals surface area (Å²) in [5.41, 5.74) is 5.59. The highest BCUT2D eigenvalue weighted by atomic mass is 32.1. The number of amides is 2. The number of carbonyl (C=O) groups is 2. The van der Waals surface area contributed by atoms with Gasteiger partial charge in [-0.1, -0.05) is 18.2 Å². The molecule has 0 spiro atoms. The molecule has 2 aromatic carbocycles. The van der Waals surface area contributed by atoms with E-state index in [1.54, 1.807) is 16.2 Å². The minimum atomic E-state index is -0.101. The van der Waals surface area contributed by atoms with E-state index in [4.69, 9.17) is 4.74 Å². The molecule has 7 heteroatoms. The number of nitrogens with one attached hydrogen (secondary N) is 1.